The first-order chi connectivity index (χ1) is 9.89. The van der Waals surface area contributed by atoms with Crippen molar-refractivity contribution < 1.29 is 0 Å². The summed E-state index contributed by atoms with van der Waals surface area (Å²) in [7, 11) is 0. The van der Waals surface area contributed by atoms with E-state index in [-0.39, 0.29) is 5.41 Å². The summed E-state index contributed by atoms with van der Waals surface area (Å²) in [5, 5.41) is 4.04. The van der Waals surface area contributed by atoms with Crippen LogP contribution in [0.25, 0.3) is 0 Å². The minimum Gasteiger partial charge on any atom is -0.306 e. The molecule has 1 heteroatoms. The van der Waals surface area contributed by atoms with Crippen LogP contribution in [0, 0.1) is 17.3 Å². The zero-order valence-electron chi connectivity index (χ0n) is 14.5. The fourth-order valence-corrected chi connectivity index (χ4v) is 3.87. The highest BCUT2D eigenvalue weighted by molar-refractivity contribution is 5.21. The van der Waals surface area contributed by atoms with Crippen LogP contribution in [0.3, 0.4) is 0 Å². The lowest BCUT2D eigenvalue weighted by molar-refractivity contribution is 0.155. The van der Waals surface area contributed by atoms with Crippen molar-refractivity contribution in [2.45, 2.75) is 72.4 Å². The normalized spacial score (nSPS) is 25.0. The van der Waals surface area contributed by atoms with E-state index in [0.29, 0.717) is 12.1 Å². The van der Waals surface area contributed by atoms with Crippen molar-refractivity contribution in [2.24, 2.45) is 17.3 Å². The molecule has 118 valence electrons. The molecule has 2 rings (SSSR count). The van der Waals surface area contributed by atoms with Crippen molar-refractivity contribution >= 4 is 0 Å². The Morgan fingerprint density at radius 3 is 2.19 bits per heavy atom. The highest BCUT2D eigenvalue weighted by Gasteiger charge is 2.33. The van der Waals surface area contributed by atoms with Crippen LogP contribution < -0.4 is 5.32 Å². The zero-order valence-corrected chi connectivity index (χ0v) is 14.5. The molecule has 1 saturated carbocycles. The van der Waals surface area contributed by atoms with Gasteiger partial charge in [-0.1, -0.05) is 77.8 Å². The van der Waals surface area contributed by atoms with Gasteiger partial charge in [0.2, 0.25) is 0 Å². The van der Waals surface area contributed by atoms with E-state index in [4.69, 9.17) is 0 Å². The Morgan fingerprint density at radius 1 is 1.00 bits per heavy atom. The molecular weight excluding hydrogens is 254 g/mol. The van der Waals surface area contributed by atoms with Crippen LogP contribution >= 0.6 is 0 Å². The first-order valence-corrected chi connectivity index (χ1v) is 8.70. The Bertz CT molecular complexity index is 415. The fraction of sp³-hybridized carbons (Fsp3) is 0.700. The number of hydrogen-bond acceptors (Lipinski definition) is 1. The largest absolute Gasteiger partial charge is 0.306 e. The molecule has 0 radical (unpaired) electrons. The van der Waals surface area contributed by atoms with E-state index in [1.54, 1.807) is 0 Å². The van der Waals surface area contributed by atoms with Crippen molar-refractivity contribution in [1.29, 1.82) is 0 Å². The maximum atomic E-state index is 4.04. The zero-order chi connectivity index (χ0) is 15.5. The standard InChI is InChI=1S/C20H33N/c1-15(2)17-13-9-10-14-18(17)21-19(20(3,4)5)16-11-7-6-8-12-16/h6-8,11-12,15,17-19,21H,9-10,13-14H2,1-5H3. The van der Waals surface area contributed by atoms with Gasteiger partial charge in [-0.05, 0) is 35.7 Å². The number of benzene rings is 1. The van der Waals surface area contributed by atoms with Gasteiger partial charge in [0.25, 0.3) is 0 Å². The van der Waals surface area contributed by atoms with E-state index >= 15 is 0 Å². The van der Waals surface area contributed by atoms with Crippen LogP contribution in [0.1, 0.15) is 71.9 Å². The van der Waals surface area contributed by atoms with Crippen LogP contribution in [0.15, 0.2) is 30.3 Å². The molecule has 0 saturated heterocycles. The average molecular weight is 287 g/mol. The molecule has 0 aromatic heterocycles. The van der Waals surface area contributed by atoms with Gasteiger partial charge in [-0.25, -0.2) is 0 Å². The summed E-state index contributed by atoms with van der Waals surface area (Å²) in [6.45, 7) is 11.8. The lowest BCUT2D eigenvalue weighted by atomic mass is 9.75. The molecule has 0 spiro atoms. The molecule has 21 heavy (non-hydrogen) atoms. The van der Waals surface area contributed by atoms with Crippen LogP contribution in [-0.4, -0.2) is 6.04 Å². The minimum atomic E-state index is 0.236. The third kappa shape index (κ3) is 4.32. The Kier molecular flexibility index (Phi) is 5.48. The van der Waals surface area contributed by atoms with Crippen molar-refractivity contribution in [3.63, 3.8) is 0 Å². The average Bonchev–Trinajstić information content (AvgIpc) is 2.44. The van der Waals surface area contributed by atoms with Gasteiger partial charge in [0, 0.05) is 12.1 Å². The SMILES string of the molecule is CC(C)C1CCCCC1NC(c1ccccc1)C(C)(C)C. The maximum Gasteiger partial charge on any atom is 0.0371 e. The summed E-state index contributed by atoms with van der Waals surface area (Å²) < 4.78 is 0. The quantitative estimate of drug-likeness (QED) is 0.762. The highest BCUT2D eigenvalue weighted by Crippen LogP contribution is 2.37. The topological polar surface area (TPSA) is 12.0 Å². The van der Waals surface area contributed by atoms with Crippen LogP contribution in [-0.2, 0) is 0 Å². The molecule has 0 heterocycles. The molecule has 1 N–H and O–H groups in total. The van der Waals surface area contributed by atoms with E-state index in [1.807, 2.05) is 0 Å². The van der Waals surface area contributed by atoms with Gasteiger partial charge in [-0.15, -0.1) is 0 Å². The summed E-state index contributed by atoms with van der Waals surface area (Å²) in [5.74, 6) is 1.60. The second-order valence-corrected chi connectivity index (χ2v) is 8.18. The number of rotatable bonds is 4. The van der Waals surface area contributed by atoms with Gasteiger partial charge in [-0.2, -0.15) is 0 Å². The van der Waals surface area contributed by atoms with Gasteiger partial charge in [0.15, 0.2) is 0 Å². The Labute approximate surface area is 131 Å². The lowest BCUT2D eigenvalue weighted by Gasteiger charge is -2.41. The van der Waals surface area contributed by atoms with Crippen LogP contribution in [0.4, 0.5) is 0 Å². The van der Waals surface area contributed by atoms with Gasteiger partial charge in [-0.3, -0.25) is 0 Å². The van der Waals surface area contributed by atoms with E-state index in [0.717, 1.165) is 11.8 Å². The summed E-state index contributed by atoms with van der Waals surface area (Å²) in [4.78, 5) is 0. The molecule has 3 unspecified atom stereocenters. The molecule has 3 atom stereocenters. The summed E-state index contributed by atoms with van der Waals surface area (Å²) in [5.41, 5.74) is 1.67. The lowest BCUT2D eigenvalue weighted by Crippen LogP contribution is -2.46. The van der Waals surface area contributed by atoms with Crippen molar-refractivity contribution in [2.75, 3.05) is 0 Å². The van der Waals surface area contributed by atoms with Crippen molar-refractivity contribution in [3.8, 4) is 0 Å². The molecule has 1 aromatic rings. The molecule has 1 nitrogen and oxygen atoms in total. The number of hydrogen-bond donors (Lipinski definition) is 1. The summed E-state index contributed by atoms with van der Waals surface area (Å²) in [6.07, 6.45) is 5.52. The second-order valence-electron chi connectivity index (χ2n) is 8.18. The minimum absolute atomic E-state index is 0.236. The van der Waals surface area contributed by atoms with Crippen molar-refractivity contribution in [1.82, 2.24) is 5.32 Å². The molecule has 1 aliphatic rings. The monoisotopic (exact) mass is 287 g/mol. The molecule has 0 aliphatic heterocycles. The molecule has 0 bridgehead atoms. The van der Waals surface area contributed by atoms with Gasteiger partial charge in [0.1, 0.15) is 0 Å². The first-order valence-electron chi connectivity index (χ1n) is 8.70. The predicted molar refractivity (Wildman–Crippen MR) is 92.4 cm³/mol. The first kappa shape index (κ1) is 16.5. The third-order valence-electron chi connectivity index (χ3n) is 5.06. The Balaban J connectivity index is 2.19. The van der Waals surface area contributed by atoms with Gasteiger partial charge < -0.3 is 5.32 Å². The molecular formula is C20H33N. The summed E-state index contributed by atoms with van der Waals surface area (Å²) in [6, 6.07) is 12.1. The molecule has 1 aliphatic carbocycles. The maximum absolute atomic E-state index is 4.04. The fourth-order valence-electron chi connectivity index (χ4n) is 3.87. The van der Waals surface area contributed by atoms with E-state index in [1.165, 1.54) is 31.2 Å². The van der Waals surface area contributed by atoms with Crippen LogP contribution in [0.2, 0.25) is 0 Å². The number of nitrogens with one attached hydrogen (secondary N) is 1. The van der Waals surface area contributed by atoms with E-state index < -0.39 is 0 Å². The Morgan fingerprint density at radius 2 is 1.62 bits per heavy atom. The van der Waals surface area contributed by atoms with Gasteiger partial charge in [0.05, 0.1) is 0 Å². The van der Waals surface area contributed by atoms with E-state index in [9.17, 15) is 0 Å². The van der Waals surface area contributed by atoms with Gasteiger partial charge >= 0.3 is 0 Å². The van der Waals surface area contributed by atoms with Crippen molar-refractivity contribution in [3.05, 3.63) is 35.9 Å². The summed E-state index contributed by atoms with van der Waals surface area (Å²) >= 11 is 0. The second kappa shape index (κ2) is 6.96. The molecule has 0 amide bonds. The molecule has 1 aromatic carbocycles. The predicted octanol–water partition coefficient (Wildman–Crippen LogP) is 5.58. The third-order valence-corrected chi connectivity index (χ3v) is 5.06. The highest BCUT2D eigenvalue weighted by atomic mass is 15.0. The Hall–Kier alpha value is -0.820. The van der Waals surface area contributed by atoms with Crippen LogP contribution in [0.5, 0.6) is 0 Å². The van der Waals surface area contributed by atoms with E-state index in [2.05, 4.69) is 70.3 Å². The molecule has 1 fully saturated rings. The smallest absolute Gasteiger partial charge is 0.0371 e.